The van der Waals surface area contributed by atoms with Crippen molar-refractivity contribution in [1.29, 1.82) is 0 Å². The molecule has 2 rings (SSSR count). The number of hydrazine groups is 1. The molecule has 0 radical (unpaired) electrons. The number of nitrogens with zero attached hydrogens (tertiary/aromatic N) is 1. The van der Waals surface area contributed by atoms with E-state index in [0.717, 1.165) is 0 Å². The third-order valence-electron chi connectivity index (χ3n) is 2.57. The van der Waals surface area contributed by atoms with Crippen molar-refractivity contribution in [3.8, 4) is 5.75 Å². The molecule has 1 aromatic heterocycles. The Balaban J connectivity index is 2.11. The van der Waals surface area contributed by atoms with E-state index < -0.39 is 0 Å². The Labute approximate surface area is 115 Å². The molecule has 0 unspecified atom stereocenters. The summed E-state index contributed by atoms with van der Waals surface area (Å²) in [4.78, 5) is 4.18. The van der Waals surface area contributed by atoms with E-state index in [-0.39, 0.29) is 12.4 Å². The SMILES string of the molecule is Cc1cc(OCc2nc(NN)ccc2Cl)ccc1F. The predicted molar refractivity (Wildman–Crippen MR) is 72.5 cm³/mol. The van der Waals surface area contributed by atoms with Gasteiger partial charge in [0.1, 0.15) is 24.0 Å². The molecule has 3 N–H and O–H groups in total. The van der Waals surface area contributed by atoms with Gasteiger partial charge in [0.2, 0.25) is 0 Å². The van der Waals surface area contributed by atoms with Crippen molar-refractivity contribution in [2.75, 3.05) is 5.43 Å². The molecule has 4 nitrogen and oxygen atoms in total. The number of pyridine rings is 1. The van der Waals surface area contributed by atoms with Crippen LogP contribution in [0.2, 0.25) is 5.02 Å². The van der Waals surface area contributed by atoms with Crippen molar-refractivity contribution in [2.45, 2.75) is 13.5 Å². The first-order chi connectivity index (χ1) is 9.10. The van der Waals surface area contributed by atoms with Gasteiger partial charge in [-0.3, -0.25) is 0 Å². The highest BCUT2D eigenvalue weighted by atomic mass is 35.5. The second-order valence-corrected chi connectivity index (χ2v) is 4.38. The summed E-state index contributed by atoms with van der Waals surface area (Å²) in [5.41, 5.74) is 3.51. The Morgan fingerprint density at radius 1 is 1.37 bits per heavy atom. The maximum Gasteiger partial charge on any atom is 0.140 e. The maximum absolute atomic E-state index is 13.1. The lowest BCUT2D eigenvalue weighted by atomic mass is 10.2. The Kier molecular flexibility index (Phi) is 4.19. The van der Waals surface area contributed by atoms with Gasteiger partial charge in [-0.25, -0.2) is 15.2 Å². The van der Waals surface area contributed by atoms with E-state index in [9.17, 15) is 4.39 Å². The first-order valence-electron chi connectivity index (χ1n) is 5.61. The number of hydrogen-bond acceptors (Lipinski definition) is 4. The summed E-state index contributed by atoms with van der Waals surface area (Å²) in [6.07, 6.45) is 0. The second kappa shape index (κ2) is 5.86. The Morgan fingerprint density at radius 2 is 2.16 bits per heavy atom. The van der Waals surface area contributed by atoms with Gasteiger partial charge in [0.15, 0.2) is 0 Å². The molecule has 0 spiro atoms. The average Bonchev–Trinajstić information content (AvgIpc) is 2.41. The monoisotopic (exact) mass is 281 g/mol. The summed E-state index contributed by atoms with van der Waals surface area (Å²) < 4.78 is 18.6. The minimum Gasteiger partial charge on any atom is -0.487 e. The standard InChI is InChI=1S/C13H13ClFN3O/c1-8-6-9(2-4-11(8)15)19-7-12-10(14)3-5-13(17-12)18-16/h2-6H,7,16H2,1H3,(H,17,18). The highest BCUT2D eigenvalue weighted by molar-refractivity contribution is 6.31. The number of halogens is 2. The van der Waals surface area contributed by atoms with Crippen molar-refractivity contribution < 1.29 is 9.13 Å². The lowest BCUT2D eigenvalue weighted by Gasteiger charge is -2.09. The summed E-state index contributed by atoms with van der Waals surface area (Å²) in [5.74, 6) is 6.07. The van der Waals surface area contributed by atoms with E-state index in [2.05, 4.69) is 10.4 Å². The lowest BCUT2D eigenvalue weighted by Crippen LogP contribution is -2.10. The molecule has 100 valence electrons. The molecule has 0 bridgehead atoms. The molecule has 0 atom stereocenters. The van der Waals surface area contributed by atoms with Gasteiger partial charge in [-0.1, -0.05) is 11.6 Å². The van der Waals surface area contributed by atoms with Gasteiger partial charge in [-0.2, -0.15) is 0 Å². The normalized spacial score (nSPS) is 10.3. The predicted octanol–water partition coefficient (Wildman–Crippen LogP) is 3.05. The van der Waals surface area contributed by atoms with Crippen molar-refractivity contribution in [3.63, 3.8) is 0 Å². The summed E-state index contributed by atoms with van der Waals surface area (Å²) in [5, 5.41) is 0.484. The van der Waals surface area contributed by atoms with Gasteiger partial charge in [0, 0.05) is 0 Å². The minimum absolute atomic E-state index is 0.180. The molecule has 0 saturated heterocycles. The Hall–Kier alpha value is -1.85. The number of hydrogen-bond donors (Lipinski definition) is 2. The van der Waals surface area contributed by atoms with Gasteiger partial charge < -0.3 is 10.2 Å². The number of nitrogens with two attached hydrogens (primary N) is 1. The summed E-state index contributed by atoms with van der Waals surface area (Å²) >= 11 is 6.00. The van der Waals surface area contributed by atoms with Gasteiger partial charge in [0.05, 0.1) is 10.7 Å². The molecule has 0 amide bonds. The largest absolute Gasteiger partial charge is 0.487 e. The van der Waals surface area contributed by atoms with Crippen LogP contribution in [0, 0.1) is 12.7 Å². The molecular formula is C13H13ClFN3O. The van der Waals surface area contributed by atoms with Crippen LogP contribution in [0.3, 0.4) is 0 Å². The highest BCUT2D eigenvalue weighted by Gasteiger charge is 2.06. The van der Waals surface area contributed by atoms with Crippen LogP contribution in [0.5, 0.6) is 5.75 Å². The van der Waals surface area contributed by atoms with Gasteiger partial charge >= 0.3 is 0 Å². The molecule has 6 heteroatoms. The first-order valence-corrected chi connectivity index (χ1v) is 5.99. The smallest absolute Gasteiger partial charge is 0.140 e. The number of rotatable bonds is 4. The number of aryl methyl sites for hydroxylation is 1. The van der Waals surface area contributed by atoms with E-state index in [1.165, 1.54) is 6.07 Å². The first kappa shape index (κ1) is 13.6. The number of nitrogens with one attached hydrogen (secondary N) is 1. The van der Waals surface area contributed by atoms with Crippen LogP contribution < -0.4 is 16.0 Å². The van der Waals surface area contributed by atoms with Crippen LogP contribution in [-0.4, -0.2) is 4.98 Å². The quantitative estimate of drug-likeness (QED) is 0.668. The topological polar surface area (TPSA) is 60.2 Å². The second-order valence-electron chi connectivity index (χ2n) is 3.97. The summed E-state index contributed by atoms with van der Waals surface area (Å²) in [6.45, 7) is 1.85. The van der Waals surface area contributed by atoms with Crippen molar-refractivity contribution in [1.82, 2.24) is 4.98 Å². The zero-order valence-corrected chi connectivity index (χ0v) is 11.0. The van der Waals surface area contributed by atoms with Gasteiger partial charge in [0.25, 0.3) is 0 Å². The van der Waals surface area contributed by atoms with Crippen molar-refractivity contribution in [3.05, 3.63) is 52.4 Å². The van der Waals surface area contributed by atoms with Crippen molar-refractivity contribution >= 4 is 17.4 Å². The fourth-order valence-electron chi connectivity index (χ4n) is 1.52. The van der Waals surface area contributed by atoms with Gasteiger partial charge in [-0.15, -0.1) is 0 Å². The Bertz CT molecular complexity index is 592. The highest BCUT2D eigenvalue weighted by Crippen LogP contribution is 2.20. The molecule has 1 heterocycles. The van der Waals surface area contributed by atoms with Crippen LogP contribution in [0.1, 0.15) is 11.3 Å². The van der Waals surface area contributed by atoms with Crippen LogP contribution >= 0.6 is 11.6 Å². The third kappa shape index (κ3) is 3.33. The molecule has 2 aromatic rings. The van der Waals surface area contributed by atoms with Gasteiger partial charge in [-0.05, 0) is 42.8 Å². The molecule has 0 fully saturated rings. The molecule has 1 aromatic carbocycles. The fourth-order valence-corrected chi connectivity index (χ4v) is 1.68. The molecule has 0 saturated carbocycles. The molecule has 0 aliphatic rings. The number of anilines is 1. The van der Waals surface area contributed by atoms with E-state index in [0.29, 0.717) is 27.8 Å². The minimum atomic E-state index is -0.266. The molecule has 0 aliphatic heterocycles. The fraction of sp³-hybridized carbons (Fsp3) is 0.154. The maximum atomic E-state index is 13.1. The van der Waals surface area contributed by atoms with Crippen LogP contribution in [-0.2, 0) is 6.61 Å². The van der Waals surface area contributed by atoms with E-state index in [4.69, 9.17) is 22.2 Å². The summed E-state index contributed by atoms with van der Waals surface area (Å²) in [7, 11) is 0. The zero-order chi connectivity index (χ0) is 13.8. The lowest BCUT2D eigenvalue weighted by molar-refractivity contribution is 0.301. The third-order valence-corrected chi connectivity index (χ3v) is 2.92. The number of aromatic nitrogens is 1. The average molecular weight is 282 g/mol. The molecule has 0 aliphatic carbocycles. The number of nitrogen functional groups attached to an aromatic ring is 1. The van der Waals surface area contributed by atoms with Crippen LogP contribution in [0.25, 0.3) is 0 Å². The summed E-state index contributed by atoms with van der Waals surface area (Å²) in [6, 6.07) is 7.87. The number of ether oxygens (including phenoxy) is 1. The van der Waals surface area contributed by atoms with E-state index in [1.807, 2.05) is 0 Å². The number of benzene rings is 1. The van der Waals surface area contributed by atoms with Crippen LogP contribution in [0.4, 0.5) is 10.2 Å². The van der Waals surface area contributed by atoms with Crippen molar-refractivity contribution in [2.24, 2.45) is 5.84 Å². The Morgan fingerprint density at radius 3 is 2.84 bits per heavy atom. The van der Waals surface area contributed by atoms with E-state index >= 15 is 0 Å². The van der Waals surface area contributed by atoms with E-state index in [1.54, 1.807) is 31.2 Å². The zero-order valence-electron chi connectivity index (χ0n) is 10.3. The molecular weight excluding hydrogens is 269 g/mol. The van der Waals surface area contributed by atoms with Crippen LogP contribution in [0.15, 0.2) is 30.3 Å². The molecule has 19 heavy (non-hydrogen) atoms.